The van der Waals surface area contributed by atoms with Crippen LogP contribution in [0.15, 0.2) is 36.4 Å². The number of aryl methyl sites for hydroxylation is 3. The van der Waals surface area contributed by atoms with Gasteiger partial charge < -0.3 is 26.0 Å². The third kappa shape index (κ3) is 7.53. The molecule has 2 atom stereocenters. The van der Waals surface area contributed by atoms with Gasteiger partial charge in [-0.1, -0.05) is 41.9 Å². The van der Waals surface area contributed by atoms with E-state index < -0.39 is 47.9 Å². The van der Waals surface area contributed by atoms with Gasteiger partial charge in [0.25, 0.3) is 5.91 Å². The van der Waals surface area contributed by atoms with Gasteiger partial charge in [0.05, 0.1) is 17.1 Å². The first-order valence-corrected chi connectivity index (χ1v) is 13.8. The first-order chi connectivity index (χ1) is 18.7. The fraction of sp³-hybridized carbons (Fsp3) is 0.467. The maximum atomic E-state index is 14.3. The van der Waals surface area contributed by atoms with Gasteiger partial charge >= 0.3 is 6.09 Å². The maximum absolute atomic E-state index is 14.3. The van der Waals surface area contributed by atoms with E-state index in [0.29, 0.717) is 29.1 Å². The lowest BCUT2D eigenvalue weighted by Gasteiger charge is -2.44. The highest BCUT2D eigenvalue weighted by Gasteiger charge is 2.43. The van der Waals surface area contributed by atoms with E-state index in [9.17, 15) is 19.2 Å². The van der Waals surface area contributed by atoms with Gasteiger partial charge in [0.15, 0.2) is 0 Å². The van der Waals surface area contributed by atoms with Crippen molar-refractivity contribution in [1.29, 1.82) is 0 Å². The molecule has 1 aliphatic carbocycles. The van der Waals surface area contributed by atoms with Gasteiger partial charge in [0.2, 0.25) is 11.8 Å². The van der Waals surface area contributed by atoms with Gasteiger partial charge in [-0.2, -0.15) is 0 Å². The molecule has 0 bridgehead atoms. The Hall–Kier alpha value is -3.59. The molecule has 2 unspecified atom stereocenters. The number of primary amides is 1. The Balaban J connectivity index is 2.12. The molecule has 4 amide bonds. The minimum atomic E-state index is -1.32. The van der Waals surface area contributed by atoms with Crippen LogP contribution in [0.1, 0.15) is 74.8 Å². The van der Waals surface area contributed by atoms with E-state index in [1.807, 2.05) is 45.0 Å². The number of anilines is 1. The van der Waals surface area contributed by atoms with E-state index in [1.165, 1.54) is 4.90 Å². The van der Waals surface area contributed by atoms with E-state index in [1.54, 1.807) is 32.9 Å². The molecular formula is C30H39ClN4O5. The number of hydrogen-bond acceptors (Lipinski definition) is 5. The Kier molecular flexibility index (Phi) is 9.84. The van der Waals surface area contributed by atoms with E-state index in [0.717, 1.165) is 23.1 Å². The Bertz CT molecular complexity index is 1240. The molecule has 0 radical (unpaired) electrons. The van der Waals surface area contributed by atoms with Gasteiger partial charge in [-0.25, -0.2) is 4.79 Å². The number of amides is 4. The summed E-state index contributed by atoms with van der Waals surface area (Å²) in [5, 5.41) is 5.85. The number of ether oxygens (including phenoxy) is 1. The fourth-order valence-electron chi connectivity index (χ4n) is 4.85. The molecule has 1 saturated carbocycles. The Morgan fingerprint density at radius 2 is 1.60 bits per heavy atom. The Morgan fingerprint density at radius 3 is 2.10 bits per heavy atom. The number of alkyl carbamates (subject to hydrolysis) is 1. The van der Waals surface area contributed by atoms with Crippen molar-refractivity contribution in [2.24, 2.45) is 5.73 Å². The molecule has 0 saturated heterocycles. The van der Waals surface area contributed by atoms with Crippen molar-refractivity contribution >= 4 is 41.1 Å². The van der Waals surface area contributed by atoms with Crippen LogP contribution < -0.4 is 16.4 Å². The molecule has 9 nitrogen and oxygen atoms in total. The molecule has 2 aromatic carbocycles. The number of carbonyl (C=O) groups excluding carboxylic acids is 4. The van der Waals surface area contributed by atoms with Gasteiger partial charge in [-0.05, 0) is 89.1 Å². The lowest BCUT2D eigenvalue weighted by molar-refractivity contribution is -0.146. The van der Waals surface area contributed by atoms with Crippen LogP contribution >= 0.6 is 11.6 Å². The summed E-state index contributed by atoms with van der Waals surface area (Å²) >= 11 is 6.44. The molecule has 40 heavy (non-hydrogen) atoms. The van der Waals surface area contributed by atoms with Crippen LogP contribution in [0.4, 0.5) is 10.5 Å². The van der Waals surface area contributed by atoms with Crippen molar-refractivity contribution in [2.75, 3.05) is 5.32 Å². The summed E-state index contributed by atoms with van der Waals surface area (Å²) in [6, 6.07) is 8.27. The van der Waals surface area contributed by atoms with Crippen LogP contribution in [0.3, 0.4) is 0 Å². The summed E-state index contributed by atoms with van der Waals surface area (Å²) in [7, 11) is 0. The second-order valence-electron chi connectivity index (χ2n) is 11.3. The summed E-state index contributed by atoms with van der Waals surface area (Å²) < 4.78 is 5.35. The molecule has 0 aromatic heterocycles. The number of carbonyl (C=O) groups is 4. The zero-order chi connectivity index (χ0) is 29.8. The minimum Gasteiger partial charge on any atom is -0.444 e. The zero-order valence-corrected chi connectivity index (χ0v) is 24.7. The molecule has 0 heterocycles. The fourth-order valence-corrected chi connectivity index (χ4v) is 5.12. The van der Waals surface area contributed by atoms with E-state index in [4.69, 9.17) is 22.1 Å². The predicted octanol–water partition coefficient (Wildman–Crippen LogP) is 5.09. The third-order valence-corrected chi connectivity index (χ3v) is 7.24. The molecule has 3 rings (SSSR count). The highest BCUT2D eigenvalue weighted by Crippen LogP contribution is 2.37. The van der Waals surface area contributed by atoms with Crippen LogP contribution in [0, 0.1) is 20.8 Å². The monoisotopic (exact) mass is 570 g/mol. The standard InChI is InChI=1S/C30H39ClN4O5/c1-17-10-7-11-18(2)24(17)26(27(37)34-25-19(3)12-8-15-21(25)31)35(20-13-9-14-20)28(38)22(16-23(32)36)33-29(39)40-30(4,5)6/h7-8,10-12,15,20,22,26H,9,13-14,16H2,1-6H3,(H2,32,36)(H,33,39)(H,34,37). The minimum absolute atomic E-state index is 0.287. The normalized spacial score (nSPS) is 14.9. The Morgan fingerprint density at radius 1 is 1.02 bits per heavy atom. The number of hydrogen-bond donors (Lipinski definition) is 3. The highest BCUT2D eigenvalue weighted by atomic mass is 35.5. The summed E-state index contributed by atoms with van der Waals surface area (Å²) in [6.07, 6.45) is 0.897. The molecule has 216 valence electrons. The van der Waals surface area contributed by atoms with Gasteiger partial charge in [0.1, 0.15) is 17.7 Å². The van der Waals surface area contributed by atoms with Gasteiger partial charge in [-0.15, -0.1) is 0 Å². The molecular weight excluding hydrogens is 532 g/mol. The topological polar surface area (TPSA) is 131 Å². The number of nitrogens with zero attached hydrogens (tertiary/aromatic N) is 1. The number of benzene rings is 2. The van der Waals surface area contributed by atoms with Crippen LogP contribution in [-0.4, -0.2) is 46.4 Å². The smallest absolute Gasteiger partial charge is 0.408 e. The average Bonchev–Trinajstić information content (AvgIpc) is 2.79. The molecule has 2 aromatic rings. The SMILES string of the molecule is Cc1cccc(Cl)c1NC(=O)C(c1c(C)cccc1C)N(C(=O)C(CC(N)=O)NC(=O)OC(C)(C)C)C1CCC1. The largest absolute Gasteiger partial charge is 0.444 e. The van der Waals surface area contributed by atoms with Crippen LogP contribution in [-0.2, 0) is 19.1 Å². The van der Waals surface area contributed by atoms with Crippen molar-refractivity contribution < 1.29 is 23.9 Å². The van der Waals surface area contributed by atoms with Crippen molar-refractivity contribution in [2.45, 2.75) is 91.0 Å². The summed E-state index contributed by atoms with van der Waals surface area (Å²) in [5.41, 5.74) is 8.18. The number of para-hydroxylation sites is 1. The summed E-state index contributed by atoms with van der Waals surface area (Å²) in [6.45, 7) is 10.7. The first kappa shape index (κ1) is 30.9. The van der Waals surface area contributed by atoms with Crippen molar-refractivity contribution in [1.82, 2.24) is 10.2 Å². The van der Waals surface area contributed by atoms with Gasteiger partial charge in [0, 0.05) is 6.04 Å². The zero-order valence-electron chi connectivity index (χ0n) is 24.0. The first-order valence-electron chi connectivity index (χ1n) is 13.4. The molecule has 1 aliphatic rings. The van der Waals surface area contributed by atoms with Crippen molar-refractivity contribution in [3.8, 4) is 0 Å². The van der Waals surface area contributed by atoms with Crippen LogP contribution in [0.2, 0.25) is 5.02 Å². The van der Waals surface area contributed by atoms with Crippen LogP contribution in [0.25, 0.3) is 0 Å². The molecule has 0 aliphatic heterocycles. The predicted molar refractivity (Wildman–Crippen MR) is 155 cm³/mol. The molecule has 4 N–H and O–H groups in total. The lowest BCUT2D eigenvalue weighted by atomic mass is 9.86. The van der Waals surface area contributed by atoms with Crippen molar-refractivity contribution in [3.63, 3.8) is 0 Å². The Labute approximate surface area is 240 Å². The highest BCUT2D eigenvalue weighted by molar-refractivity contribution is 6.34. The summed E-state index contributed by atoms with van der Waals surface area (Å²) in [5.74, 6) is -1.82. The van der Waals surface area contributed by atoms with E-state index >= 15 is 0 Å². The number of nitrogens with one attached hydrogen (secondary N) is 2. The number of nitrogens with two attached hydrogens (primary N) is 1. The molecule has 0 spiro atoms. The number of halogens is 1. The third-order valence-electron chi connectivity index (χ3n) is 6.93. The molecule has 10 heteroatoms. The lowest BCUT2D eigenvalue weighted by Crippen LogP contribution is -2.57. The maximum Gasteiger partial charge on any atom is 0.408 e. The molecule has 1 fully saturated rings. The average molecular weight is 571 g/mol. The van der Waals surface area contributed by atoms with Crippen LogP contribution in [0.5, 0.6) is 0 Å². The second kappa shape index (κ2) is 12.7. The number of rotatable bonds is 9. The van der Waals surface area contributed by atoms with Gasteiger partial charge in [-0.3, -0.25) is 14.4 Å². The summed E-state index contributed by atoms with van der Waals surface area (Å²) in [4.78, 5) is 54.7. The van der Waals surface area contributed by atoms with E-state index in [-0.39, 0.29) is 6.04 Å². The second-order valence-corrected chi connectivity index (χ2v) is 11.7. The van der Waals surface area contributed by atoms with E-state index in [2.05, 4.69) is 10.6 Å². The van der Waals surface area contributed by atoms with Crippen molar-refractivity contribution in [3.05, 3.63) is 63.7 Å². The quantitative estimate of drug-likeness (QED) is 0.386.